The minimum atomic E-state index is -0.948. The highest BCUT2D eigenvalue weighted by atomic mass is 17.2. The lowest BCUT2D eigenvalue weighted by Gasteiger charge is -2.40. The molecule has 1 saturated heterocycles. The minimum absolute atomic E-state index is 0.0733. The second-order valence-electron chi connectivity index (χ2n) is 10.4. The molecule has 4 rings (SSSR count). The Bertz CT molecular complexity index is 1290. The van der Waals surface area contributed by atoms with Gasteiger partial charge in [-0.2, -0.15) is 4.89 Å². The summed E-state index contributed by atoms with van der Waals surface area (Å²) in [5, 5.41) is 14.7. The van der Waals surface area contributed by atoms with Crippen LogP contribution in [0.15, 0.2) is 78.9 Å². The summed E-state index contributed by atoms with van der Waals surface area (Å²) in [4.78, 5) is 50.3. The Morgan fingerprint density at radius 3 is 2.02 bits per heavy atom. The SMILES string of the molecule is COOC(=O)C(CC(C)C)NC(=O)c1ccc(N2CCN(C(c3ccccc3)c3ccccc3)CC2)c([N+](=O)[O-])c1. The average Bonchev–Trinajstić information content (AvgIpc) is 2.98. The zero-order valence-corrected chi connectivity index (χ0v) is 23.6. The van der Waals surface area contributed by atoms with Gasteiger partial charge in [0, 0.05) is 37.8 Å². The largest absolute Gasteiger partial charge is 0.364 e. The van der Waals surface area contributed by atoms with Crippen LogP contribution in [0.3, 0.4) is 0 Å². The van der Waals surface area contributed by atoms with Crippen LogP contribution in [0, 0.1) is 16.0 Å². The molecular formula is C31H36N4O6. The second kappa shape index (κ2) is 13.9. The van der Waals surface area contributed by atoms with Crippen molar-refractivity contribution >= 4 is 23.3 Å². The predicted octanol–water partition coefficient (Wildman–Crippen LogP) is 4.76. The summed E-state index contributed by atoms with van der Waals surface area (Å²) in [6.07, 6.45) is 0.325. The Balaban J connectivity index is 1.51. The average molecular weight is 561 g/mol. The van der Waals surface area contributed by atoms with Crippen LogP contribution in [0.25, 0.3) is 0 Å². The van der Waals surface area contributed by atoms with Gasteiger partial charge in [-0.25, -0.2) is 4.79 Å². The van der Waals surface area contributed by atoms with Gasteiger partial charge in [0.25, 0.3) is 11.6 Å². The van der Waals surface area contributed by atoms with Gasteiger partial charge in [-0.3, -0.25) is 24.7 Å². The molecule has 10 nitrogen and oxygen atoms in total. The van der Waals surface area contributed by atoms with Gasteiger partial charge in [-0.15, -0.1) is 0 Å². The number of carbonyl (C=O) groups is 2. The minimum Gasteiger partial charge on any atom is -0.363 e. The molecule has 1 N–H and O–H groups in total. The zero-order chi connectivity index (χ0) is 29.4. The number of nitro groups is 1. The number of anilines is 1. The molecule has 1 unspecified atom stereocenters. The molecule has 3 aromatic carbocycles. The number of hydrogen-bond donors (Lipinski definition) is 1. The number of benzene rings is 3. The van der Waals surface area contributed by atoms with E-state index in [1.165, 1.54) is 24.3 Å². The summed E-state index contributed by atoms with van der Waals surface area (Å²) >= 11 is 0. The number of piperazine rings is 1. The fourth-order valence-corrected chi connectivity index (χ4v) is 5.25. The molecule has 10 heteroatoms. The van der Waals surface area contributed by atoms with E-state index in [4.69, 9.17) is 0 Å². The van der Waals surface area contributed by atoms with Crippen molar-refractivity contribution in [3.63, 3.8) is 0 Å². The summed E-state index contributed by atoms with van der Waals surface area (Å²) in [6, 6.07) is 24.2. The molecule has 1 amide bonds. The van der Waals surface area contributed by atoms with Crippen LogP contribution in [-0.2, 0) is 14.6 Å². The smallest absolute Gasteiger partial charge is 0.363 e. The van der Waals surface area contributed by atoms with Crippen LogP contribution >= 0.6 is 0 Å². The molecule has 0 spiro atoms. The molecule has 0 bridgehead atoms. The van der Waals surface area contributed by atoms with Crippen LogP contribution < -0.4 is 10.2 Å². The number of nitrogens with one attached hydrogen (secondary N) is 1. The first-order valence-electron chi connectivity index (χ1n) is 13.7. The molecule has 1 fully saturated rings. The Morgan fingerprint density at radius 2 is 1.51 bits per heavy atom. The van der Waals surface area contributed by atoms with Gasteiger partial charge in [0.05, 0.1) is 18.1 Å². The molecule has 0 saturated carbocycles. The lowest BCUT2D eigenvalue weighted by molar-refractivity contribution is -0.384. The van der Waals surface area contributed by atoms with Crippen molar-refractivity contribution in [3.8, 4) is 0 Å². The van der Waals surface area contributed by atoms with Gasteiger partial charge in [0.15, 0.2) is 0 Å². The highest BCUT2D eigenvalue weighted by Gasteiger charge is 2.30. The van der Waals surface area contributed by atoms with E-state index in [-0.39, 0.29) is 23.2 Å². The summed E-state index contributed by atoms with van der Waals surface area (Å²) in [5.41, 5.74) is 2.77. The maximum atomic E-state index is 13.0. The lowest BCUT2D eigenvalue weighted by atomic mass is 9.96. The normalized spacial score (nSPS) is 14.6. The van der Waals surface area contributed by atoms with Gasteiger partial charge in [-0.1, -0.05) is 74.5 Å². The second-order valence-corrected chi connectivity index (χ2v) is 10.4. The van der Waals surface area contributed by atoms with E-state index < -0.39 is 22.8 Å². The molecule has 0 aliphatic carbocycles. The van der Waals surface area contributed by atoms with Crippen molar-refractivity contribution in [1.82, 2.24) is 10.2 Å². The molecule has 216 valence electrons. The monoisotopic (exact) mass is 560 g/mol. The molecular weight excluding hydrogens is 524 g/mol. The van der Waals surface area contributed by atoms with E-state index in [1.807, 2.05) is 55.1 Å². The van der Waals surface area contributed by atoms with E-state index in [9.17, 15) is 19.7 Å². The molecule has 1 atom stereocenters. The number of nitro benzene ring substituents is 1. The number of amides is 1. The lowest BCUT2D eigenvalue weighted by Crippen LogP contribution is -2.48. The van der Waals surface area contributed by atoms with Crippen molar-refractivity contribution in [3.05, 3.63) is 106 Å². The Hall–Kier alpha value is -4.28. The van der Waals surface area contributed by atoms with Gasteiger partial charge in [0.1, 0.15) is 11.7 Å². The van der Waals surface area contributed by atoms with Crippen molar-refractivity contribution < 1.29 is 24.3 Å². The van der Waals surface area contributed by atoms with E-state index in [0.29, 0.717) is 38.3 Å². The van der Waals surface area contributed by atoms with Gasteiger partial charge < -0.3 is 10.2 Å². The number of hydrogen-bond acceptors (Lipinski definition) is 8. The van der Waals surface area contributed by atoms with E-state index in [0.717, 1.165) is 0 Å². The van der Waals surface area contributed by atoms with Crippen LogP contribution in [-0.4, -0.2) is 61.0 Å². The van der Waals surface area contributed by atoms with Crippen LogP contribution in [0.2, 0.25) is 0 Å². The summed E-state index contributed by atoms with van der Waals surface area (Å²) in [7, 11) is 1.21. The quantitative estimate of drug-likeness (QED) is 0.203. The van der Waals surface area contributed by atoms with Crippen LogP contribution in [0.4, 0.5) is 11.4 Å². The number of carbonyl (C=O) groups excluding carboxylic acids is 2. The van der Waals surface area contributed by atoms with E-state index >= 15 is 0 Å². The standard InChI is InChI=1S/C31H36N4O6/c1-22(2)20-26(31(37)41-40-3)32-30(36)25-14-15-27(28(21-25)35(38)39)33-16-18-34(19-17-33)29(23-10-6-4-7-11-23)24-12-8-5-9-13-24/h4-15,21-22,26,29H,16-20H2,1-3H3,(H,32,36). The topological polar surface area (TPSA) is 114 Å². The number of rotatable bonds is 11. The van der Waals surface area contributed by atoms with Crippen LogP contribution in [0.5, 0.6) is 0 Å². The van der Waals surface area contributed by atoms with E-state index in [1.54, 1.807) is 12.1 Å². The first kappa shape index (κ1) is 29.7. The molecule has 1 heterocycles. The third-order valence-electron chi connectivity index (χ3n) is 7.15. The number of nitrogens with zero attached hydrogens (tertiary/aromatic N) is 3. The third kappa shape index (κ3) is 7.47. The zero-order valence-electron chi connectivity index (χ0n) is 23.6. The van der Waals surface area contributed by atoms with Crippen molar-refractivity contribution in [1.29, 1.82) is 0 Å². The van der Waals surface area contributed by atoms with Crippen molar-refractivity contribution in [2.24, 2.45) is 5.92 Å². The molecule has 0 radical (unpaired) electrons. The van der Waals surface area contributed by atoms with Crippen molar-refractivity contribution in [2.45, 2.75) is 32.4 Å². The Morgan fingerprint density at radius 1 is 0.927 bits per heavy atom. The molecule has 0 aromatic heterocycles. The predicted molar refractivity (Wildman–Crippen MR) is 155 cm³/mol. The molecule has 41 heavy (non-hydrogen) atoms. The maximum Gasteiger partial charge on any atom is 0.364 e. The van der Waals surface area contributed by atoms with E-state index in [2.05, 4.69) is 44.3 Å². The highest BCUT2D eigenvalue weighted by Crippen LogP contribution is 2.33. The summed E-state index contributed by atoms with van der Waals surface area (Å²) in [6.45, 7) is 6.38. The van der Waals surface area contributed by atoms with Crippen molar-refractivity contribution in [2.75, 3.05) is 38.2 Å². The molecule has 1 aliphatic heterocycles. The summed E-state index contributed by atoms with van der Waals surface area (Å²) in [5.74, 6) is -1.25. The maximum absolute atomic E-state index is 13.0. The Labute approximate surface area is 239 Å². The van der Waals surface area contributed by atoms with Gasteiger partial charge in [-0.05, 0) is 35.6 Å². The summed E-state index contributed by atoms with van der Waals surface area (Å²) < 4.78 is 0. The fourth-order valence-electron chi connectivity index (χ4n) is 5.25. The highest BCUT2D eigenvalue weighted by molar-refractivity contribution is 5.98. The molecule has 1 aliphatic rings. The first-order chi connectivity index (χ1) is 19.8. The Kier molecular flexibility index (Phi) is 10.0. The van der Waals surface area contributed by atoms with Gasteiger partial charge in [0.2, 0.25) is 0 Å². The first-order valence-corrected chi connectivity index (χ1v) is 13.7. The molecule has 3 aromatic rings. The third-order valence-corrected chi connectivity index (χ3v) is 7.15. The fraction of sp³-hybridized carbons (Fsp3) is 0.355. The van der Waals surface area contributed by atoms with Gasteiger partial charge >= 0.3 is 5.97 Å². The van der Waals surface area contributed by atoms with Crippen LogP contribution in [0.1, 0.15) is 47.8 Å².